The molecule has 0 heterocycles. The minimum absolute atomic E-state index is 0.241. The van der Waals surface area contributed by atoms with Crippen molar-refractivity contribution in [1.29, 1.82) is 0 Å². The van der Waals surface area contributed by atoms with Gasteiger partial charge in [-0.2, -0.15) is 0 Å². The van der Waals surface area contributed by atoms with Gasteiger partial charge >= 0.3 is 0 Å². The lowest BCUT2D eigenvalue weighted by Crippen LogP contribution is -2.20. The summed E-state index contributed by atoms with van der Waals surface area (Å²) in [6.07, 6.45) is 0. The molecule has 0 bridgehead atoms. The zero-order valence-corrected chi connectivity index (χ0v) is 10.5. The molecule has 0 radical (unpaired) electrons. The van der Waals surface area contributed by atoms with E-state index in [1.165, 1.54) is 0 Å². The van der Waals surface area contributed by atoms with E-state index in [9.17, 15) is 17.6 Å². The molecule has 1 rings (SSSR count). The molecule has 0 unspecified atom stereocenters. The molecule has 0 aromatic heterocycles. The van der Waals surface area contributed by atoms with E-state index in [0.717, 1.165) is 18.2 Å². The summed E-state index contributed by atoms with van der Waals surface area (Å²) in [5.74, 6) is -1.34. The Kier molecular flexibility index (Phi) is 4.76. The van der Waals surface area contributed by atoms with Crippen LogP contribution in [0.2, 0.25) is 0 Å². The van der Waals surface area contributed by atoms with Crippen LogP contribution in [0.4, 0.5) is 10.1 Å². The van der Waals surface area contributed by atoms with Gasteiger partial charge in [-0.1, -0.05) is 0 Å². The number of ether oxygens (including phenoxy) is 1. The predicted molar refractivity (Wildman–Crippen MR) is 62.9 cm³/mol. The summed E-state index contributed by atoms with van der Waals surface area (Å²) in [5.41, 5.74) is -0.258. The van der Waals surface area contributed by atoms with E-state index in [1.807, 2.05) is 0 Å². The van der Waals surface area contributed by atoms with E-state index in [-0.39, 0.29) is 17.2 Å². The first-order valence-corrected chi connectivity index (χ1v) is 6.59. The lowest BCUT2D eigenvalue weighted by molar-refractivity contribution is -0.120. The fourth-order valence-electron chi connectivity index (χ4n) is 1.16. The van der Waals surface area contributed by atoms with Crippen LogP contribution in [0.15, 0.2) is 23.1 Å². The minimum Gasteiger partial charge on any atom is -0.372 e. The SMILES string of the molecule is CCOCC(=O)Nc1cc(S(N)(=O)=O)ccc1F. The number of anilines is 1. The second-order valence-corrected chi connectivity index (χ2v) is 4.93. The van der Waals surface area contributed by atoms with E-state index in [4.69, 9.17) is 9.88 Å². The van der Waals surface area contributed by atoms with Crippen molar-refractivity contribution in [3.8, 4) is 0 Å². The third-order valence-corrected chi connectivity index (χ3v) is 2.89. The van der Waals surface area contributed by atoms with Gasteiger partial charge in [0.15, 0.2) is 0 Å². The fraction of sp³-hybridized carbons (Fsp3) is 0.300. The molecular weight excluding hydrogens is 263 g/mol. The van der Waals surface area contributed by atoms with Gasteiger partial charge in [-0.15, -0.1) is 0 Å². The lowest BCUT2D eigenvalue weighted by Gasteiger charge is -2.07. The molecule has 8 heteroatoms. The summed E-state index contributed by atoms with van der Waals surface area (Å²) in [5, 5.41) is 7.10. The van der Waals surface area contributed by atoms with Crippen LogP contribution in [0.3, 0.4) is 0 Å². The van der Waals surface area contributed by atoms with Gasteiger partial charge in [0, 0.05) is 6.61 Å². The normalized spacial score (nSPS) is 11.3. The number of hydrogen-bond acceptors (Lipinski definition) is 4. The highest BCUT2D eigenvalue weighted by atomic mass is 32.2. The number of rotatable bonds is 5. The molecule has 1 aromatic rings. The van der Waals surface area contributed by atoms with Crippen LogP contribution in [0, 0.1) is 5.82 Å². The summed E-state index contributed by atoms with van der Waals surface area (Å²) in [7, 11) is -3.94. The number of hydrogen-bond donors (Lipinski definition) is 2. The topological polar surface area (TPSA) is 98.5 Å². The molecule has 0 saturated heterocycles. The molecule has 0 aliphatic rings. The molecular formula is C10H13FN2O4S. The highest BCUT2D eigenvalue weighted by molar-refractivity contribution is 7.89. The fourth-order valence-corrected chi connectivity index (χ4v) is 1.70. The molecule has 0 spiro atoms. The van der Waals surface area contributed by atoms with E-state index in [2.05, 4.69) is 5.32 Å². The van der Waals surface area contributed by atoms with Crippen LogP contribution in [-0.2, 0) is 19.6 Å². The maximum atomic E-state index is 13.3. The lowest BCUT2D eigenvalue weighted by atomic mass is 10.3. The number of carbonyl (C=O) groups is 1. The Bertz CT molecular complexity index is 545. The number of halogens is 1. The molecule has 0 saturated carbocycles. The number of amides is 1. The van der Waals surface area contributed by atoms with Crippen molar-refractivity contribution < 1.29 is 22.3 Å². The molecule has 0 fully saturated rings. The Morgan fingerprint density at radius 3 is 2.72 bits per heavy atom. The van der Waals surface area contributed by atoms with E-state index < -0.39 is 21.7 Å². The van der Waals surface area contributed by atoms with Crippen LogP contribution in [0.1, 0.15) is 6.92 Å². The summed E-state index contributed by atoms with van der Waals surface area (Å²) < 4.78 is 40.3. The summed E-state index contributed by atoms with van der Waals surface area (Å²) >= 11 is 0. The zero-order chi connectivity index (χ0) is 13.8. The van der Waals surface area contributed by atoms with Crippen molar-refractivity contribution in [3.63, 3.8) is 0 Å². The Morgan fingerprint density at radius 2 is 2.17 bits per heavy atom. The Balaban J connectivity index is 2.92. The second-order valence-electron chi connectivity index (χ2n) is 3.37. The van der Waals surface area contributed by atoms with Gasteiger partial charge < -0.3 is 10.1 Å². The molecule has 0 aliphatic carbocycles. The van der Waals surface area contributed by atoms with Crippen molar-refractivity contribution in [3.05, 3.63) is 24.0 Å². The second kappa shape index (κ2) is 5.89. The van der Waals surface area contributed by atoms with Gasteiger partial charge in [0.1, 0.15) is 12.4 Å². The van der Waals surface area contributed by atoms with E-state index >= 15 is 0 Å². The first kappa shape index (κ1) is 14.6. The smallest absolute Gasteiger partial charge is 0.250 e. The summed E-state index contributed by atoms with van der Waals surface area (Å²) in [6, 6.07) is 2.88. The number of nitrogens with two attached hydrogens (primary N) is 1. The summed E-state index contributed by atoms with van der Waals surface area (Å²) in [4.78, 5) is 11.0. The average molecular weight is 276 g/mol. The van der Waals surface area contributed by atoms with Gasteiger partial charge in [-0.25, -0.2) is 17.9 Å². The van der Waals surface area contributed by atoms with Crippen molar-refractivity contribution >= 4 is 21.6 Å². The Labute approximate surface area is 104 Å². The summed E-state index contributed by atoms with van der Waals surface area (Å²) in [6.45, 7) is 1.80. The van der Waals surface area contributed by atoms with Gasteiger partial charge in [-0.3, -0.25) is 4.79 Å². The van der Waals surface area contributed by atoms with Gasteiger partial charge in [0.2, 0.25) is 15.9 Å². The third kappa shape index (κ3) is 4.06. The molecule has 0 aliphatic heterocycles. The van der Waals surface area contributed by atoms with E-state index in [1.54, 1.807) is 6.92 Å². The highest BCUT2D eigenvalue weighted by Crippen LogP contribution is 2.18. The minimum atomic E-state index is -3.94. The monoisotopic (exact) mass is 276 g/mol. The first-order chi connectivity index (χ1) is 8.34. The van der Waals surface area contributed by atoms with Crippen molar-refractivity contribution in [1.82, 2.24) is 0 Å². The van der Waals surface area contributed by atoms with Crippen molar-refractivity contribution in [2.45, 2.75) is 11.8 Å². The number of sulfonamides is 1. The highest BCUT2D eigenvalue weighted by Gasteiger charge is 2.13. The maximum absolute atomic E-state index is 13.3. The number of carbonyl (C=O) groups excluding carboxylic acids is 1. The molecule has 6 nitrogen and oxygen atoms in total. The number of benzene rings is 1. The molecule has 3 N–H and O–H groups in total. The van der Waals surface area contributed by atoms with Gasteiger partial charge in [0.25, 0.3) is 0 Å². The van der Waals surface area contributed by atoms with Gasteiger partial charge in [0.05, 0.1) is 10.6 Å². The van der Waals surface area contributed by atoms with E-state index in [0.29, 0.717) is 6.61 Å². The quantitative estimate of drug-likeness (QED) is 0.815. The first-order valence-electron chi connectivity index (χ1n) is 5.04. The zero-order valence-electron chi connectivity index (χ0n) is 9.64. The van der Waals surface area contributed by atoms with Crippen LogP contribution >= 0.6 is 0 Å². The van der Waals surface area contributed by atoms with Crippen molar-refractivity contribution in [2.75, 3.05) is 18.5 Å². The van der Waals surface area contributed by atoms with Gasteiger partial charge in [-0.05, 0) is 25.1 Å². The molecule has 18 heavy (non-hydrogen) atoms. The number of nitrogens with one attached hydrogen (secondary N) is 1. The van der Waals surface area contributed by atoms with Crippen LogP contribution in [-0.4, -0.2) is 27.5 Å². The molecule has 1 aromatic carbocycles. The van der Waals surface area contributed by atoms with Crippen molar-refractivity contribution in [2.24, 2.45) is 5.14 Å². The standard InChI is InChI=1S/C10H13FN2O4S/c1-2-17-6-10(14)13-9-5-7(18(12,15)16)3-4-8(9)11/h3-5H,2,6H2,1H3,(H,13,14)(H2,12,15,16). The predicted octanol–water partition coefficient (Wildman–Crippen LogP) is 0.448. The van der Waals surface area contributed by atoms with Crippen LogP contribution in [0.5, 0.6) is 0 Å². The molecule has 100 valence electrons. The average Bonchev–Trinajstić information content (AvgIpc) is 2.28. The number of primary sulfonamides is 1. The largest absolute Gasteiger partial charge is 0.372 e. The maximum Gasteiger partial charge on any atom is 0.250 e. The Hall–Kier alpha value is -1.51. The van der Waals surface area contributed by atoms with Crippen LogP contribution < -0.4 is 10.5 Å². The van der Waals surface area contributed by atoms with Crippen LogP contribution in [0.25, 0.3) is 0 Å². The molecule has 1 amide bonds. The third-order valence-electron chi connectivity index (χ3n) is 1.98. The Morgan fingerprint density at radius 1 is 1.50 bits per heavy atom. The molecule has 0 atom stereocenters.